The molecule has 1 unspecified atom stereocenters. The van der Waals surface area contributed by atoms with Crippen LogP contribution in [-0.2, 0) is 11.2 Å². The number of para-hydroxylation sites is 1. The fourth-order valence-corrected chi connectivity index (χ4v) is 2.31. The van der Waals surface area contributed by atoms with Crippen LogP contribution >= 0.6 is 0 Å². The Hall–Kier alpha value is -2.33. The van der Waals surface area contributed by atoms with E-state index in [0.717, 1.165) is 11.1 Å². The molecule has 0 bridgehead atoms. The van der Waals surface area contributed by atoms with Crippen LogP contribution in [0, 0.1) is 0 Å². The molecule has 4 heteroatoms. The van der Waals surface area contributed by atoms with Gasteiger partial charge in [0, 0.05) is 6.42 Å². The van der Waals surface area contributed by atoms with E-state index in [1.165, 1.54) is 0 Å². The summed E-state index contributed by atoms with van der Waals surface area (Å²) >= 11 is 0. The van der Waals surface area contributed by atoms with Crippen LogP contribution in [0.2, 0.25) is 0 Å². The molecule has 1 atom stereocenters. The third kappa shape index (κ3) is 4.60. The Balaban J connectivity index is 2.26. The monoisotopic (exact) mass is 300 g/mol. The molecule has 0 fully saturated rings. The first kappa shape index (κ1) is 16.0. The molecule has 0 spiro atoms. The first-order chi connectivity index (χ1) is 10.6. The Morgan fingerprint density at radius 3 is 2.32 bits per heavy atom. The topological polar surface area (TPSA) is 55.8 Å². The quantitative estimate of drug-likeness (QED) is 0.632. The molecule has 22 heavy (non-hydrogen) atoms. The summed E-state index contributed by atoms with van der Waals surface area (Å²) in [4.78, 5) is 10.8. The van der Waals surface area contributed by atoms with Crippen molar-refractivity contribution in [2.45, 2.75) is 32.5 Å². The molecule has 4 nitrogen and oxygen atoms in total. The Bertz CT molecular complexity index is 607. The molecule has 0 aliphatic carbocycles. The maximum absolute atomic E-state index is 10.8. The van der Waals surface area contributed by atoms with Crippen LogP contribution in [0.3, 0.4) is 0 Å². The van der Waals surface area contributed by atoms with Crippen molar-refractivity contribution < 1.29 is 19.4 Å². The minimum absolute atomic E-state index is 0.0674. The number of hydrogen-bond donors (Lipinski definition) is 1. The van der Waals surface area contributed by atoms with Crippen LogP contribution in [0.25, 0.3) is 0 Å². The van der Waals surface area contributed by atoms with E-state index < -0.39 is 6.16 Å². The van der Waals surface area contributed by atoms with Gasteiger partial charge in [-0.25, -0.2) is 4.79 Å². The minimum atomic E-state index is -1.31. The van der Waals surface area contributed by atoms with E-state index in [-0.39, 0.29) is 12.2 Å². The predicted octanol–water partition coefficient (Wildman–Crippen LogP) is 4.45. The van der Waals surface area contributed by atoms with E-state index in [1.54, 1.807) is 12.1 Å². The van der Waals surface area contributed by atoms with Gasteiger partial charge in [0.1, 0.15) is 5.75 Å². The highest BCUT2D eigenvalue weighted by Gasteiger charge is 2.17. The number of rotatable bonds is 6. The van der Waals surface area contributed by atoms with E-state index in [9.17, 15) is 4.79 Å². The maximum Gasteiger partial charge on any atom is 0.511 e. The minimum Gasteiger partial charge on any atom is -0.449 e. The van der Waals surface area contributed by atoms with Crippen molar-refractivity contribution in [2.75, 3.05) is 0 Å². The molecule has 0 aliphatic rings. The second-order valence-corrected chi connectivity index (χ2v) is 5.26. The number of carboxylic acid groups (broad SMARTS) is 1. The zero-order chi connectivity index (χ0) is 15.9. The number of ether oxygens (including phenoxy) is 2. The summed E-state index contributed by atoms with van der Waals surface area (Å²) in [5.74, 6) is 0.350. The van der Waals surface area contributed by atoms with Crippen molar-refractivity contribution in [2.24, 2.45) is 0 Å². The Morgan fingerprint density at radius 2 is 1.68 bits per heavy atom. The van der Waals surface area contributed by atoms with E-state index in [4.69, 9.17) is 14.6 Å². The van der Waals surface area contributed by atoms with Gasteiger partial charge in [0.25, 0.3) is 0 Å². The van der Waals surface area contributed by atoms with Gasteiger partial charge >= 0.3 is 6.16 Å². The van der Waals surface area contributed by atoms with Gasteiger partial charge in [0.05, 0.1) is 12.2 Å². The molecule has 0 heterocycles. The SMILES string of the molecule is CC(C)OC(Cc1ccccc1OC(=O)O)c1ccccc1. The highest BCUT2D eigenvalue weighted by molar-refractivity contribution is 5.62. The lowest BCUT2D eigenvalue weighted by Gasteiger charge is -2.22. The first-order valence-corrected chi connectivity index (χ1v) is 7.25. The van der Waals surface area contributed by atoms with E-state index >= 15 is 0 Å². The highest BCUT2D eigenvalue weighted by atomic mass is 16.7. The lowest BCUT2D eigenvalue weighted by molar-refractivity contribution is 0.00652. The Morgan fingerprint density at radius 1 is 1.05 bits per heavy atom. The molecule has 0 radical (unpaired) electrons. The van der Waals surface area contributed by atoms with Crippen molar-refractivity contribution in [3.63, 3.8) is 0 Å². The van der Waals surface area contributed by atoms with E-state index in [0.29, 0.717) is 12.2 Å². The van der Waals surface area contributed by atoms with Crippen LogP contribution in [0.5, 0.6) is 5.75 Å². The molecule has 2 rings (SSSR count). The molecular formula is C18H20O4. The summed E-state index contributed by atoms with van der Waals surface area (Å²) < 4.78 is 10.8. The zero-order valence-electron chi connectivity index (χ0n) is 12.7. The normalized spacial score (nSPS) is 12.1. The molecular weight excluding hydrogens is 280 g/mol. The molecule has 1 N–H and O–H groups in total. The van der Waals surface area contributed by atoms with E-state index in [2.05, 4.69) is 0 Å². The Kier molecular flexibility index (Phi) is 5.55. The largest absolute Gasteiger partial charge is 0.511 e. The van der Waals surface area contributed by atoms with Crippen molar-refractivity contribution >= 4 is 6.16 Å². The van der Waals surface area contributed by atoms with Crippen LogP contribution in [0.15, 0.2) is 54.6 Å². The fourth-order valence-electron chi connectivity index (χ4n) is 2.31. The molecule has 0 aliphatic heterocycles. The lowest BCUT2D eigenvalue weighted by Crippen LogP contribution is -2.14. The molecule has 0 amide bonds. The second-order valence-electron chi connectivity index (χ2n) is 5.26. The van der Waals surface area contributed by atoms with Gasteiger partial charge in [-0.3, -0.25) is 0 Å². The van der Waals surface area contributed by atoms with Gasteiger partial charge < -0.3 is 14.6 Å². The lowest BCUT2D eigenvalue weighted by atomic mass is 10.0. The molecule has 2 aromatic carbocycles. The van der Waals surface area contributed by atoms with Crippen molar-refractivity contribution in [1.82, 2.24) is 0 Å². The molecule has 0 saturated carbocycles. The van der Waals surface area contributed by atoms with Gasteiger partial charge in [0.15, 0.2) is 0 Å². The third-order valence-corrected chi connectivity index (χ3v) is 3.18. The Labute approximate surface area is 130 Å². The third-order valence-electron chi connectivity index (χ3n) is 3.18. The number of carbonyl (C=O) groups is 1. The average Bonchev–Trinajstić information content (AvgIpc) is 2.48. The molecule has 0 saturated heterocycles. The highest BCUT2D eigenvalue weighted by Crippen LogP contribution is 2.28. The smallest absolute Gasteiger partial charge is 0.449 e. The maximum atomic E-state index is 10.8. The van der Waals surface area contributed by atoms with Crippen molar-refractivity contribution in [3.05, 3.63) is 65.7 Å². The standard InChI is InChI=1S/C18H20O4/c1-13(2)21-17(14-8-4-3-5-9-14)12-15-10-6-7-11-16(15)22-18(19)20/h3-11,13,17H,12H2,1-2H3,(H,19,20). The fraction of sp³-hybridized carbons (Fsp3) is 0.278. The second kappa shape index (κ2) is 7.61. The molecule has 0 aromatic heterocycles. The summed E-state index contributed by atoms with van der Waals surface area (Å²) in [5, 5.41) is 8.83. The molecule has 2 aromatic rings. The van der Waals surface area contributed by atoms with Crippen LogP contribution < -0.4 is 4.74 Å². The first-order valence-electron chi connectivity index (χ1n) is 7.25. The van der Waals surface area contributed by atoms with Gasteiger partial charge in [-0.2, -0.15) is 0 Å². The number of benzene rings is 2. The van der Waals surface area contributed by atoms with Crippen LogP contribution in [-0.4, -0.2) is 17.4 Å². The molecule has 116 valence electrons. The van der Waals surface area contributed by atoms with Gasteiger partial charge in [0.2, 0.25) is 0 Å². The van der Waals surface area contributed by atoms with Gasteiger partial charge in [-0.1, -0.05) is 48.5 Å². The predicted molar refractivity (Wildman–Crippen MR) is 84.2 cm³/mol. The van der Waals surface area contributed by atoms with Gasteiger partial charge in [-0.05, 0) is 31.0 Å². The summed E-state index contributed by atoms with van der Waals surface area (Å²) in [6, 6.07) is 17.0. The summed E-state index contributed by atoms with van der Waals surface area (Å²) in [6.07, 6.45) is -0.850. The van der Waals surface area contributed by atoms with E-state index in [1.807, 2.05) is 56.3 Å². The van der Waals surface area contributed by atoms with Crippen LogP contribution in [0.1, 0.15) is 31.1 Å². The summed E-state index contributed by atoms with van der Waals surface area (Å²) in [7, 11) is 0. The number of hydrogen-bond acceptors (Lipinski definition) is 3. The summed E-state index contributed by atoms with van der Waals surface area (Å²) in [5.41, 5.74) is 1.86. The van der Waals surface area contributed by atoms with Crippen molar-refractivity contribution in [3.8, 4) is 5.75 Å². The zero-order valence-corrected chi connectivity index (χ0v) is 12.7. The average molecular weight is 300 g/mol. The van der Waals surface area contributed by atoms with Crippen molar-refractivity contribution in [1.29, 1.82) is 0 Å². The van der Waals surface area contributed by atoms with Crippen LogP contribution in [0.4, 0.5) is 4.79 Å². The summed E-state index contributed by atoms with van der Waals surface area (Å²) in [6.45, 7) is 3.96. The van der Waals surface area contributed by atoms with Gasteiger partial charge in [-0.15, -0.1) is 0 Å².